The average Bonchev–Trinajstić information content (AvgIpc) is 2.85. The van der Waals surface area contributed by atoms with E-state index in [-0.39, 0.29) is 10.6 Å². The number of nitro benzene ring substituents is 1. The number of hydrogen-bond donors (Lipinski definition) is 1. The highest BCUT2D eigenvalue weighted by molar-refractivity contribution is 14.1. The van der Waals surface area contributed by atoms with Crippen LogP contribution in [0.3, 0.4) is 0 Å². The van der Waals surface area contributed by atoms with E-state index in [0.29, 0.717) is 6.04 Å². The Morgan fingerprint density at radius 1 is 1.61 bits per heavy atom. The molecule has 1 atom stereocenters. The van der Waals surface area contributed by atoms with Gasteiger partial charge >= 0.3 is 0 Å². The number of anilines is 1. The van der Waals surface area contributed by atoms with Gasteiger partial charge in [0.15, 0.2) is 0 Å². The fraction of sp³-hybridized carbons (Fsp3) is 0.500. The summed E-state index contributed by atoms with van der Waals surface area (Å²) in [6.07, 6.45) is 1.13. The van der Waals surface area contributed by atoms with Crippen molar-refractivity contribution in [1.29, 1.82) is 0 Å². The summed E-state index contributed by atoms with van der Waals surface area (Å²) in [5.41, 5.74) is 1.25. The maximum atomic E-state index is 10.7. The Morgan fingerprint density at radius 2 is 2.39 bits per heavy atom. The smallest absolute Gasteiger partial charge is 0.270 e. The van der Waals surface area contributed by atoms with Crippen LogP contribution in [-0.2, 0) is 0 Å². The molecule has 1 aliphatic rings. The van der Waals surface area contributed by atoms with Crippen molar-refractivity contribution in [2.45, 2.75) is 19.4 Å². The number of nitro groups is 1. The lowest BCUT2D eigenvalue weighted by Gasteiger charge is -2.30. The van der Waals surface area contributed by atoms with Crippen molar-refractivity contribution >= 4 is 34.0 Å². The molecule has 0 amide bonds. The third-order valence-corrected chi connectivity index (χ3v) is 4.13. The van der Waals surface area contributed by atoms with E-state index in [4.69, 9.17) is 0 Å². The summed E-state index contributed by atoms with van der Waals surface area (Å²) in [7, 11) is 0. The number of nitrogens with one attached hydrogen (secondary N) is 1. The van der Waals surface area contributed by atoms with Crippen molar-refractivity contribution < 1.29 is 4.92 Å². The standard InChI is InChI=1S/C12H16IN3O2/c1-2-15(10-5-6-14-8-10)12-4-3-9(16(17)18)7-11(12)13/h3-4,7,10,14H,2,5-6,8H2,1H3. The number of rotatable bonds is 4. The molecule has 1 aromatic carbocycles. The van der Waals surface area contributed by atoms with E-state index in [9.17, 15) is 10.1 Å². The predicted octanol–water partition coefficient (Wildman–Crippen LogP) is 2.39. The SMILES string of the molecule is CCN(c1ccc([N+](=O)[O-])cc1I)C1CCNC1. The van der Waals surface area contributed by atoms with Gasteiger partial charge in [-0.05, 0) is 48.5 Å². The Bertz CT molecular complexity index is 447. The van der Waals surface area contributed by atoms with Crippen LogP contribution in [-0.4, -0.2) is 30.6 Å². The van der Waals surface area contributed by atoms with Crippen LogP contribution in [0.25, 0.3) is 0 Å². The van der Waals surface area contributed by atoms with Crippen molar-refractivity contribution in [2.24, 2.45) is 0 Å². The van der Waals surface area contributed by atoms with E-state index >= 15 is 0 Å². The number of benzene rings is 1. The summed E-state index contributed by atoms with van der Waals surface area (Å²) >= 11 is 2.18. The summed E-state index contributed by atoms with van der Waals surface area (Å²) in [6.45, 7) is 5.07. The summed E-state index contributed by atoms with van der Waals surface area (Å²) in [5, 5.41) is 14.1. The highest BCUT2D eigenvalue weighted by Gasteiger charge is 2.23. The van der Waals surface area contributed by atoms with Gasteiger partial charge in [0.2, 0.25) is 0 Å². The topological polar surface area (TPSA) is 58.4 Å². The Balaban J connectivity index is 2.27. The molecule has 1 heterocycles. The molecule has 0 aromatic heterocycles. The van der Waals surface area contributed by atoms with Gasteiger partial charge in [0.05, 0.1) is 10.6 Å². The first-order valence-corrected chi connectivity index (χ1v) is 7.12. The van der Waals surface area contributed by atoms with Crippen LogP contribution in [0, 0.1) is 13.7 Å². The average molecular weight is 361 g/mol. The van der Waals surface area contributed by atoms with Crippen LogP contribution in [0.4, 0.5) is 11.4 Å². The summed E-state index contributed by atoms with van der Waals surface area (Å²) in [4.78, 5) is 12.7. The molecule has 1 fully saturated rings. The quantitative estimate of drug-likeness (QED) is 0.508. The normalized spacial score (nSPS) is 18.9. The highest BCUT2D eigenvalue weighted by Crippen LogP contribution is 2.29. The second-order valence-corrected chi connectivity index (χ2v) is 5.49. The van der Waals surface area contributed by atoms with Gasteiger partial charge < -0.3 is 10.2 Å². The molecule has 2 rings (SSSR count). The second kappa shape index (κ2) is 5.83. The summed E-state index contributed by atoms with van der Waals surface area (Å²) < 4.78 is 0.940. The Hall–Kier alpha value is -0.890. The van der Waals surface area contributed by atoms with Gasteiger partial charge in [-0.25, -0.2) is 0 Å². The largest absolute Gasteiger partial charge is 0.367 e. The number of halogens is 1. The minimum atomic E-state index is -0.348. The van der Waals surface area contributed by atoms with E-state index in [1.54, 1.807) is 12.1 Å². The lowest BCUT2D eigenvalue weighted by molar-refractivity contribution is -0.384. The Labute approximate surface area is 120 Å². The molecular weight excluding hydrogens is 345 g/mol. The third kappa shape index (κ3) is 2.74. The van der Waals surface area contributed by atoms with Crippen molar-refractivity contribution in [3.05, 3.63) is 31.9 Å². The van der Waals surface area contributed by atoms with E-state index in [1.807, 2.05) is 6.07 Å². The zero-order valence-corrected chi connectivity index (χ0v) is 12.4. The lowest BCUT2D eigenvalue weighted by Crippen LogP contribution is -2.37. The molecule has 0 aliphatic carbocycles. The third-order valence-electron chi connectivity index (χ3n) is 3.27. The molecule has 1 unspecified atom stereocenters. The Kier molecular flexibility index (Phi) is 4.39. The monoisotopic (exact) mass is 361 g/mol. The number of non-ortho nitro benzene ring substituents is 1. The maximum absolute atomic E-state index is 10.7. The van der Waals surface area contributed by atoms with Crippen LogP contribution in [0.1, 0.15) is 13.3 Å². The van der Waals surface area contributed by atoms with Gasteiger partial charge in [-0.3, -0.25) is 10.1 Å². The van der Waals surface area contributed by atoms with E-state index in [2.05, 4.69) is 39.7 Å². The molecule has 0 radical (unpaired) electrons. The minimum Gasteiger partial charge on any atom is -0.367 e. The first kappa shape index (κ1) is 13.5. The number of likely N-dealkylation sites (N-methyl/N-ethyl adjacent to an activating group) is 1. The fourth-order valence-electron chi connectivity index (χ4n) is 2.37. The first-order chi connectivity index (χ1) is 8.63. The fourth-order valence-corrected chi connectivity index (χ4v) is 3.18. The number of nitrogens with zero attached hydrogens (tertiary/aromatic N) is 2. The van der Waals surface area contributed by atoms with Crippen molar-refractivity contribution in [3.63, 3.8) is 0 Å². The zero-order chi connectivity index (χ0) is 13.1. The predicted molar refractivity (Wildman–Crippen MR) is 80.1 cm³/mol. The van der Waals surface area contributed by atoms with Gasteiger partial charge in [0, 0.05) is 34.8 Å². The molecular formula is C12H16IN3O2. The summed E-state index contributed by atoms with van der Waals surface area (Å²) in [6, 6.07) is 5.58. The molecule has 98 valence electrons. The van der Waals surface area contributed by atoms with Crippen LogP contribution < -0.4 is 10.2 Å². The van der Waals surface area contributed by atoms with E-state index in [1.165, 1.54) is 0 Å². The molecule has 1 aromatic rings. The molecule has 0 saturated carbocycles. The summed E-state index contributed by atoms with van der Waals surface area (Å²) in [5.74, 6) is 0. The zero-order valence-electron chi connectivity index (χ0n) is 10.2. The lowest BCUT2D eigenvalue weighted by atomic mass is 10.2. The van der Waals surface area contributed by atoms with E-state index < -0.39 is 0 Å². The first-order valence-electron chi connectivity index (χ1n) is 6.04. The van der Waals surface area contributed by atoms with Crippen LogP contribution in [0.5, 0.6) is 0 Å². The molecule has 1 N–H and O–H groups in total. The molecule has 18 heavy (non-hydrogen) atoms. The molecule has 1 aliphatic heterocycles. The van der Waals surface area contributed by atoms with Gasteiger partial charge in [-0.15, -0.1) is 0 Å². The van der Waals surface area contributed by atoms with Gasteiger partial charge in [-0.1, -0.05) is 0 Å². The second-order valence-electron chi connectivity index (χ2n) is 4.33. The molecule has 5 nitrogen and oxygen atoms in total. The van der Waals surface area contributed by atoms with Crippen LogP contribution in [0.2, 0.25) is 0 Å². The molecule has 6 heteroatoms. The maximum Gasteiger partial charge on any atom is 0.270 e. The van der Waals surface area contributed by atoms with Crippen LogP contribution in [0.15, 0.2) is 18.2 Å². The molecule has 0 spiro atoms. The highest BCUT2D eigenvalue weighted by atomic mass is 127. The van der Waals surface area contributed by atoms with Crippen molar-refractivity contribution in [3.8, 4) is 0 Å². The van der Waals surface area contributed by atoms with Gasteiger partial charge in [0.25, 0.3) is 5.69 Å². The Morgan fingerprint density at radius 3 is 2.89 bits per heavy atom. The van der Waals surface area contributed by atoms with Crippen molar-refractivity contribution in [1.82, 2.24) is 5.32 Å². The van der Waals surface area contributed by atoms with Gasteiger partial charge in [-0.2, -0.15) is 0 Å². The van der Waals surface area contributed by atoms with Crippen LogP contribution >= 0.6 is 22.6 Å². The van der Waals surface area contributed by atoms with Crippen molar-refractivity contribution in [2.75, 3.05) is 24.5 Å². The van der Waals surface area contributed by atoms with Gasteiger partial charge in [0.1, 0.15) is 0 Å². The molecule has 1 saturated heterocycles. The van der Waals surface area contributed by atoms with E-state index in [0.717, 1.165) is 35.3 Å². The number of hydrogen-bond acceptors (Lipinski definition) is 4. The molecule has 0 bridgehead atoms. The minimum absolute atomic E-state index is 0.156.